The Hall–Kier alpha value is -8.93. The van der Waals surface area contributed by atoms with Crippen LogP contribution >= 0.6 is 0 Å². The minimum Gasteiger partial charge on any atom is -0.309 e. The summed E-state index contributed by atoms with van der Waals surface area (Å²) in [6.45, 7) is 0. The maximum Gasteiger partial charge on any atom is 0.164 e. The van der Waals surface area contributed by atoms with E-state index in [1.54, 1.807) is 0 Å². The number of hydrogen-bond donors (Lipinski definition) is 0. The molecule has 14 rings (SSSR count). The van der Waals surface area contributed by atoms with Gasteiger partial charge in [0.2, 0.25) is 0 Å². The van der Waals surface area contributed by atoms with Gasteiger partial charge in [0.25, 0.3) is 0 Å². The van der Waals surface area contributed by atoms with Crippen molar-refractivity contribution in [2.75, 3.05) is 0 Å². The van der Waals surface area contributed by atoms with E-state index < -0.39 is 0 Å². The molecule has 0 spiro atoms. The molecule has 0 fully saturated rings. The minimum atomic E-state index is 0.629. The summed E-state index contributed by atoms with van der Waals surface area (Å²) in [7, 11) is 0. The van der Waals surface area contributed by atoms with Crippen LogP contribution in [0.3, 0.4) is 0 Å². The molecule has 0 aliphatic heterocycles. The fourth-order valence-electron chi connectivity index (χ4n) is 10.7. The highest BCUT2D eigenvalue weighted by atomic mass is 15.0. The Bertz CT molecular complexity index is 4290. The number of hydrogen-bond acceptors (Lipinski definition) is 3. The van der Waals surface area contributed by atoms with Crippen LogP contribution in [0.2, 0.25) is 0 Å². The summed E-state index contributed by atoms with van der Waals surface area (Å²) >= 11 is 0. The van der Waals surface area contributed by atoms with Gasteiger partial charge in [-0.05, 0) is 62.6 Å². The summed E-state index contributed by atoms with van der Waals surface area (Å²) < 4.78 is 5.00. The molecule has 0 N–H and O–H groups in total. The average molecular weight is 840 g/mol. The summed E-state index contributed by atoms with van der Waals surface area (Å²) in [5.41, 5.74) is 9.77. The largest absolute Gasteiger partial charge is 0.309 e. The van der Waals surface area contributed by atoms with E-state index in [4.69, 9.17) is 15.0 Å². The first-order valence-corrected chi connectivity index (χ1v) is 22.5. The number of fused-ring (bicyclic) bond motifs is 11. The Morgan fingerprint density at radius 3 is 1.56 bits per heavy atom. The Labute approximate surface area is 379 Å². The van der Waals surface area contributed by atoms with Gasteiger partial charge in [-0.15, -0.1) is 0 Å². The number of aromatic nitrogens is 5. The molecular weight excluding hydrogens is 803 g/mol. The SMILES string of the molecule is c1ccc(-c2nc(-c3cccc4ccccc34)nc(-c3cccc4c(-n5c6ccccc6c6c(-n7c8ccccc8c8c9ccccc9ccc87)c7ccccc7cc65)cccc34)n2)cc1. The molecule has 0 unspecified atom stereocenters. The van der Waals surface area contributed by atoms with Crippen molar-refractivity contribution in [3.63, 3.8) is 0 Å². The molecular formula is C61H37N5. The van der Waals surface area contributed by atoms with Crippen LogP contribution in [0.4, 0.5) is 0 Å². The third kappa shape index (κ3) is 5.38. The monoisotopic (exact) mass is 839 g/mol. The summed E-state index contributed by atoms with van der Waals surface area (Å²) in [4.78, 5) is 15.7. The van der Waals surface area contributed by atoms with Crippen molar-refractivity contribution >= 4 is 86.7 Å². The van der Waals surface area contributed by atoms with Gasteiger partial charge in [0.15, 0.2) is 17.5 Å². The lowest BCUT2D eigenvalue weighted by Gasteiger charge is -2.17. The number of rotatable bonds is 5. The predicted molar refractivity (Wildman–Crippen MR) is 275 cm³/mol. The van der Waals surface area contributed by atoms with Crippen molar-refractivity contribution in [3.8, 4) is 45.5 Å². The second-order valence-corrected chi connectivity index (χ2v) is 17.1. The highest BCUT2D eigenvalue weighted by Gasteiger charge is 2.24. The van der Waals surface area contributed by atoms with Crippen LogP contribution in [0.5, 0.6) is 0 Å². The fourth-order valence-corrected chi connectivity index (χ4v) is 10.7. The van der Waals surface area contributed by atoms with Crippen LogP contribution in [0, 0.1) is 0 Å². The minimum absolute atomic E-state index is 0.629. The van der Waals surface area contributed by atoms with Gasteiger partial charge in [-0.2, -0.15) is 0 Å². The van der Waals surface area contributed by atoms with E-state index >= 15 is 0 Å². The lowest BCUT2D eigenvalue weighted by atomic mass is 10.0. The van der Waals surface area contributed by atoms with Gasteiger partial charge < -0.3 is 9.13 Å². The molecule has 14 aromatic rings. The zero-order valence-electron chi connectivity index (χ0n) is 35.6. The van der Waals surface area contributed by atoms with Crippen LogP contribution in [-0.4, -0.2) is 24.1 Å². The van der Waals surface area contributed by atoms with Crippen LogP contribution in [-0.2, 0) is 0 Å². The van der Waals surface area contributed by atoms with Gasteiger partial charge in [-0.3, -0.25) is 0 Å². The lowest BCUT2D eigenvalue weighted by molar-refractivity contribution is 1.08. The van der Waals surface area contributed by atoms with Crippen LogP contribution in [0.1, 0.15) is 0 Å². The van der Waals surface area contributed by atoms with Gasteiger partial charge in [0.1, 0.15) is 0 Å². The lowest BCUT2D eigenvalue weighted by Crippen LogP contribution is -2.01. The van der Waals surface area contributed by atoms with Gasteiger partial charge in [0.05, 0.1) is 33.4 Å². The molecule has 0 amide bonds. The number of para-hydroxylation sites is 2. The Balaban J connectivity index is 1.06. The second kappa shape index (κ2) is 14.3. The first-order chi connectivity index (χ1) is 32.8. The normalized spacial score (nSPS) is 11.9. The molecule has 0 saturated carbocycles. The van der Waals surface area contributed by atoms with Crippen molar-refractivity contribution in [3.05, 3.63) is 224 Å². The van der Waals surface area contributed by atoms with Gasteiger partial charge >= 0.3 is 0 Å². The predicted octanol–water partition coefficient (Wildman–Crippen LogP) is 15.7. The van der Waals surface area contributed by atoms with Crippen molar-refractivity contribution in [1.29, 1.82) is 0 Å². The van der Waals surface area contributed by atoms with E-state index in [1.165, 1.54) is 59.8 Å². The van der Waals surface area contributed by atoms with E-state index in [2.05, 4.69) is 215 Å². The first kappa shape index (κ1) is 36.5. The molecule has 0 radical (unpaired) electrons. The highest BCUT2D eigenvalue weighted by molar-refractivity contribution is 6.25. The van der Waals surface area contributed by atoms with E-state index in [0.29, 0.717) is 17.5 Å². The molecule has 3 aromatic heterocycles. The highest BCUT2D eigenvalue weighted by Crippen LogP contribution is 2.46. The van der Waals surface area contributed by atoms with Gasteiger partial charge in [-0.1, -0.05) is 194 Å². The first-order valence-electron chi connectivity index (χ1n) is 22.5. The molecule has 5 heteroatoms. The average Bonchev–Trinajstić information content (AvgIpc) is 3.90. The fraction of sp³-hybridized carbons (Fsp3) is 0. The molecule has 0 atom stereocenters. The van der Waals surface area contributed by atoms with Crippen molar-refractivity contribution < 1.29 is 0 Å². The molecule has 66 heavy (non-hydrogen) atoms. The zero-order valence-corrected chi connectivity index (χ0v) is 35.6. The zero-order chi connectivity index (χ0) is 43.3. The molecule has 3 heterocycles. The van der Waals surface area contributed by atoms with Crippen LogP contribution in [0.15, 0.2) is 224 Å². The number of benzene rings is 11. The maximum atomic E-state index is 5.30. The molecule has 0 aliphatic rings. The van der Waals surface area contributed by atoms with E-state index in [9.17, 15) is 0 Å². The Morgan fingerprint density at radius 2 is 0.788 bits per heavy atom. The van der Waals surface area contributed by atoms with Crippen molar-refractivity contribution in [1.82, 2.24) is 24.1 Å². The Kier molecular flexibility index (Phi) is 7.91. The Morgan fingerprint density at radius 1 is 0.273 bits per heavy atom. The van der Waals surface area contributed by atoms with Crippen molar-refractivity contribution in [2.24, 2.45) is 0 Å². The molecule has 11 aromatic carbocycles. The molecule has 0 aliphatic carbocycles. The van der Waals surface area contributed by atoms with E-state index in [-0.39, 0.29) is 0 Å². The van der Waals surface area contributed by atoms with Crippen LogP contribution < -0.4 is 0 Å². The third-order valence-electron chi connectivity index (χ3n) is 13.5. The van der Waals surface area contributed by atoms with E-state index in [1.807, 2.05) is 18.2 Å². The molecule has 0 saturated heterocycles. The summed E-state index contributed by atoms with van der Waals surface area (Å²) in [6.07, 6.45) is 0. The molecule has 306 valence electrons. The maximum absolute atomic E-state index is 5.30. The van der Waals surface area contributed by atoms with Gasteiger partial charge in [-0.25, -0.2) is 15.0 Å². The quantitative estimate of drug-likeness (QED) is 0.173. The van der Waals surface area contributed by atoms with Gasteiger partial charge in [0, 0.05) is 49.0 Å². The topological polar surface area (TPSA) is 48.5 Å². The van der Waals surface area contributed by atoms with Crippen LogP contribution in [0.25, 0.3) is 132 Å². The second-order valence-electron chi connectivity index (χ2n) is 17.1. The molecule has 5 nitrogen and oxygen atoms in total. The standard InChI is InChI=1S/C61H37N5/c1-2-19-40(20-3-1)59-62-60(47-30-14-22-38-17-4-7-23-42(38)47)64-61(63-59)48-31-15-29-46-45(48)28-16-34-51(46)65-52-32-12-11-27-50(52)57-55(65)37-41-21-6-9-25-44(41)58(57)66-53-33-13-10-26-49(53)56-43-24-8-5-18-39(43)35-36-54(56)66/h1-37H. The number of nitrogens with zero attached hydrogens (tertiary/aromatic N) is 5. The van der Waals surface area contributed by atoms with Crippen molar-refractivity contribution in [2.45, 2.75) is 0 Å². The van der Waals surface area contributed by atoms with E-state index in [0.717, 1.165) is 55.0 Å². The summed E-state index contributed by atoms with van der Waals surface area (Å²) in [5, 5.41) is 14.2. The summed E-state index contributed by atoms with van der Waals surface area (Å²) in [6, 6.07) is 80.5. The smallest absolute Gasteiger partial charge is 0.164 e. The molecule has 0 bridgehead atoms. The summed E-state index contributed by atoms with van der Waals surface area (Å²) in [5.74, 6) is 1.91. The third-order valence-corrected chi connectivity index (χ3v) is 13.5.